The van der Waals surface area contributed by atoms with Gasteiger partial charge in [-0.3, -0.25) is 0 Å². The van der Waals surface area contributed by atoms with E-state index in [0.717, 1.165) is 5.69 Å². The second-order valence-corrected chi connectivity index (χ2v) is 3.29. The number of aliphatic hydroxyl groups excluding tert-OH is 1. The molecular weight excluding hydrogens is 162 g/mol. The molecule has 0 spiro atoms. The van der Waals surface area contributed by atoms with E-state index in [4.69, 9.17) is 10.2 Å². The lowest BCUT2D eigenvalue weighted by molar-refractivity contribution is -0.0782. The van der Waals surface area contributed by atoms with Crippen LogP contribution in [0.5, 0.6) is 0 Å². The second-order valence-electron chi connectivity index (χ2n) is 2.57. The molecule has 0 fully saturated rings. The summed E-state index contributed by atoms with van der Waals surface area (Å²) in [7, 11) is 0. The van der Waals surface area contributed by atoms with Crippen molar-refractivity contribution in [3.63, 3.8) is 0 Å². The molecule has 0 radical (unpaired) electrons. The maximum absolute atomic E-state index is 8.75. The highest BCUT2D eigenvalue weighted by molar-refractivity contribution is 7.07. The van der Waals surface area contributed by atoms with E-state index in [1.165, 1.54) is 11.3 Å². The molecule has 4 heteroatoms. The molecule has 1 aromatic heterocycles. The standard InChI is InChI=1S/C7H11NO2S/c1-5(7(9)10)2-6-3-11-4-8-6/h3-5,7,9-10H,2H2,1H3/t5-/m0/s1. The van der Waals surface area contributed by atoms with E-state index in [9.17, 15) is 0 Å². The quantitative estimate of drug-likeness (QED) is 0.659. The Morgan fingerprint density at radius 1 is 1.64 bits per heavy atom. The Labute approximate surface area is 69.3 Å². The summed E-state index contributed by atoms with van der Waals surface area (Å²) in [6, 6.07) is 0. The van der Waals surface area contributed by atoms with Gasteiger partial charge < -0.3 is 10.2 Å². The number of hydrogen-bond donors (Lipinski definition) is 2. The molecule has 0 aliphatic heterocycles. The molecule has 0 saturated heterocycles. The minimum atomic E-state index is -1.24. The number of nitrogens with zero attached hydrogens (tertiary/aromatic N) is 1. The molecule has 3 nitrogen and oxygen atoms in total. The van der Waals surface area contributed by atoms with Crippen LogP contribution in [0.2, 0.25) is 0 Å². The highest BCUT2D eigenvalue weighted by Crippen LogP contribution is 2.10. The fourth-order valence-corrected chi connectivity index (χ4v) is 1.34. The average molecular weight is 173 g/mol. The summed E-state index contributed by atoms with van der Waals surface area (Å²) in [5.41, 5.74) is 2.67. The van der Waals surface area contributed by atoms with E-state index < -0.39 is 6.29 Å². The Kier molecular flexibility index (Phi) is 2.99. The van der Waals surface area contributed by atoms with Gasteiger partial charge in [0.15, 0.2) is 6.29 Å². The van der Waals surface area contributed by atoms with Crippen molar-refractivity contribution < 1.29 is 10.2 Å². The lowest BCUT2D eigenvalue weighted by Gasteiger charge is -2.10. The molecule has 0 aliphatic carbocycles. The molecule has 0 aliphatic rings. The maximum atomic E-state index is 8.75. The van der Waals surface area contributed by atoms with Crippen molar-refractivity contribution in [1.29, 1.82) is 0 Å². The third-order valence-corrected chi connectivity index (χ3v) is 2.16. The second kappa shape index (κ2) is 3.80. The molecule has 1 atom stereocenters. The fourth-order valence-electron chi connectivity index (χ4n) is 0.774. The van der Waals surface area contributed by atoms with Crippen molar-refractivity contribution in [2.24, 2.45) is 5.92 Å². The normalized spacial score (nSPS) is 13.8. The van der Waals surface area contributed by atoms with E-state index in [0.29, 0.717) is 6.42 Å². The largest absolute Gasteiger partial charge is 0.368 e. The third kappa shape index (κ3) is 2.57. The van der Waals surface area contributed by atoms with Crippen LogP contribution in [-0.4, -0.2) is 21.5 Å². The van der Waals surface area contributed by atoms with Gasteiger partial charge in [0, 0.05) is 11.3 Å². The Hall–Kier alpha value is -0.450. The zero-order chi connectivity index (χ0) is 8.27. The van der Waals surface area contributed by atoms with E-state index in [1.54, 1.807) is 12.4 Å². The van der Waals surface area contributed by atoms with Gasteiger partial charge in [0.1, 0.15) is 0 Å². The Morgan fingerprint density at radius 3 is 2.82 bits per heavy atom. The molecule has 0 bridgehead atoms. The molecule has 2 N–H and O–H groups in total. The number of aliphatic hydroxyl groups is 2. The molecule has 0 aromatic carbocycles. The molecule has 0 unspecified atom stereocenters. The van der Waals surface area contributed by atoms with Crippen LogP contribution in [0.4, 0.5) is 0 Å². The Morgan fingerprint density at radius 2 is 2.36 bits per heavy atom. The van der Waals surface area contributed by atoms with Gasteiger partial charge >= 0.3 is 0 Å². The van der Waals surface area contributed by atoms with Gasteiger partial charge in [-0.05, 0) is 6.42 Å². The summed E-state index contributed by atoms with van der Waals surface area (Å²) in [4.78, 5) is 4.03. The van der Waals surface area contributed by atoms with Crippen LogP contribution >= 0.6 is 11.3 Å². The smallest absolute Gasteiger partial charge is 0.154 e. The first-order valence-corrected chi connectivity index (χ1v) is 4.37. The van der Waals surface area contributed by atoms with Crippen LogP contribution in [0.1, 0.15) is 12.6 Å². The van der Waals surface area contributed by atoms with Gasteiger partial charge in [0.05, 0.1) is 11.2 Å². The maximum Gasteiger partial charge on any atom is 0.154 e. The molecular formula is C7H11NO2S. The van der Waals surface area contributed by atoms with Crippen molar-refractivity contribution in [2.45, 2.75) is 19.6 Å². The molecule has 1 aromatic rings. The topological polar surface area (TPSA) is 53.4 Å². The summed E-state index contributed by atoms with van der Waals surface area (Å²) in [6.07, 6.45) is -0.613. The summed E-state index contributed by atoms with van der Waals surface area (Å²) in [6.45, 7) is 1.78. The zero-order valence-corrected chi connectivity index (χ0v) is 7.08. The van der Waals surface area contributed by atoms with Crippen molar-refractivity contribution in [3.05, 3.63) is 16.6 Å². The average Bonchev–Trinajstić information content (AvgIpc) is 2.39. The van der Waals surface area contributed by atoms with Crippen LogP contribution in [-0.2, 0) is 6.42 Å². The molecule has 0 amide bonds. The van der Waals surface area contributed by atoms with Crippen LogP contribution in [0.15, 0.2) is 10.9 Å². The van der Waals surface area contributed by atoms with Gasteiger partial charge in [0.2, 0.25) is 0 Å². The minimum Gasteiger partial charge on any atom is -0.368 e. The number of hydrogen-bond acceptors (Lipinski definition) is 4. The third-order valence-electron chi connectivity index (χ3n) is 1.52. The Balaban J connectivity index is 2.43. The van der Waals surface area contributed by atoms with E-state index >= 15 is 0 Å². The first kappa shape index (κ1) is 8.64. The number of thiazole rings is 1. The molecule has 1 rings (SSSR count). The lowest BCUT2D eigenvalue weighted by Crippen LogP contribution is -2.18. The van der Waals surface area contributed by atoms with Crippen LogP contribution in [0.3, 0.4) is 0 Å². The van der Waals surface area contributed by atoms with Gasteiger partial charge in [-0.15, -0.1) is 11.3 Å². The van der Waals surface area contributed by atoms with Crippen LogP contribution in [0, 0.1) is 5.92 Å². The Bertz CT molecular complexity index is 198. The van der Waals surface area contributed by atoms with Gasteiger partial charge in [-0.1, -0.05) is 6.92 Å². The lowest BCUT2D eigenvalue weighted by atomic mass is 10.1. The first-order valence-electron chi connectivity index (χ1n) is 3.43. The van der Waals surface area contributed by atoms with Crippen molar-refractivity contribution >= 4 is 11.3 Å². The molecule has 62 valence electrons. The highest BCUT2D eigenvalue weighted by atomic mass is 32.1. The molecule has 0 saturated carbocycles. The van der Waals surface area contributed by atoms with E-state index in [1.807, 2.05) is 5.38 Å². The monoisotopic (exact) mass is 173 g/mol. The molecule has 1 heterocycles. The zero-order valence-electron chi connectivity index (χ0n) is 6.27. The highest BCUT2D eigenvalue weighted by Gasteiger charge is 2.11. The number of rotatable bonds is 3. The van der Waals surface area contributed by atoms with Crippen LogP contribution < -0.4 is 0 Å². The van der Waals surface area contributed by atoms with E-state index in [-0.39, 0.29) is 5.92 Å². The van der Waals surface area contributed by atoms with Gasteiger partial charge in [-0.2, -0.15) is 0 Å². The van der Waals surface area contributed by atoms with Gasteiger partial charge in [0.25, 0.3) is 0 Å². The van der Waals surface area contributed by atoms with Gasteiger partial charge in [-0.25, -0.2) is 4.98 Å². The predicted molar refractivity (Wildman–Crippen MR) is 43.2 cm³/mol. The first-order chi connectivity index (χ1) is 5.20. The minimum absolute atomic E-state index is 0.142. The number of aromatic nitrogens is 1. The van der Waals surface area contributed by atoms with Crippen molar-refractivity contribution in [1.82, 2.24) is 4.98 Å². The summed E-state index contributed by atoms with van der Waals surface area (Å²) in [5, 5.41) is 19.4. The molecule has 11 heavy (non-hydrogen) atoms. The van der Waals surface area contributed by atoms with Crippen LogP contribution in [0.25, 0.3) is 0 Å². The summed E-state index contributed by atoms with van der Waals surface area (Å²) < 4.78 is 0. The summed E-state index contributed by atoms with van der Waals surface area (Å²) in [5.74, 6) is -0.142. The SMILES string of the molecule is C[C@@H](Cc1cscn1)C(O)O. The summed E-state index contributed by atoms with van der Waals surface area (Å²) >= 11 is 1.52. The fraction of sp³-hybridized carbons (Fsp3) is 0.571. The predicted octanol–water partition coefficient (Wildman–Crippen LogP) is 0.632. The van der Waals surface area contributed by atoms with Crippen molar-refractivity contribution in [2.75, 3.05) is 0 Å². The van der Waals surface area contributed by atoms with E-state index in [2.05, 4.69) is 4.98 Å². The van der Waals surface area contributed by atoms with Crippen molar-refractivity contribution in [3.8, 4) is 0 Å².